The number of aromatic nitrogens is 1. The Morgan fingerprint density at radius 2 is 2.00 bits per heavy atom. The summed E-state index contributed by atoms with van der Waals surface area (Å²) in [4.78, 5) is 22.0. The highest BCUT2D eigenvalue weighted by Crippen LogP contribution is 2.37. The first-order valence-corrected chi connectivity index (χ1v) is 10.2. The topological polar surface area (TPSA) is 48.5 Å². The summed E-state index contributed by atoms with van der Waals surface area (Å²) in [6.07, 6.45) is 5.61. The third-order valence-electron chi connectivity index (χ3n) is 6.19. The van der Waals surface area contributed by atoms with Gasteiger partial charge < -0.3 is 15.1 Å². The smallest absolute Gasteiger partial charge is 0.225 e. The molecule has 24 heavy (non-hydrogen) atoms. The van der Waals surface area contributed by atoms with Gasteiger partial charge in [-0.1, -0.05) is 0 Å². The first kappa shape index (κ1) is 16.3. The number of piperidine rings is 2. The van der Waals surface area contributed by atoms with Gasteiger partial charge in [0.2, 0.25) is 5.91 Å². The Morgan fingerprint density at radius 1 is 1.25 bits per heavy atom. The van der Waals surface area contributed by atoms with Crippen molar-refractivity contribution in [2.24, 2.45) is 11.3 Å². The van der Waals surface area contributed by atoms with Crippen LogP contribution in [0.3, 0.4) is 0 Å². The fourth-order valence-electron chi connectivity index (χ4n) is 4.49. The molecule has 4 rings (SSSR count). The van der Waals surface area contributed by atoms with Crippen molar-refractivity contribution < 1.29 is 4.79 Å². The Labute approximate surface area is 148 Å². The van der Waals surface area contributed by atoms with Gasteiger partial charge in [0.05, 0.1) is 5.69 Å². The van der Waals surface area contributed by atoms with E-state index < -0.39 is 0 Å². The van der Waals surface area contributed by atoms with Gasteiger partial charge in [-0.2, -0.15) is 0 Å². The van der Waals surface area contributed by atoms with E-state index in [0.29, 0.717) is 11.3 Å². The van der Waals surface area contributed by atoms with Gasteiger partial charge in [-0.3, -0.25) is 4.79 Å². The second kappa shape index (κ2) is 6.64. The molecule has 0 aliphatic carbocycles. The third kappa shape index (κ3) is 3.18. The Kier molecular flexibility index (Phi) is 4.52. The van der Waals surface area contributed by atoms with Crippen LogP contribution in [0.4, 0.5) is 5.13 Å². The largest absolute Gasteiger partial charge is 0.348 e. The van der Waals surface area contributed by atoms with Gasteiger partial charge in [-0.05, 0) is 51.0 Å². The molecule has 0 bridgehead atoms. The molecule has 3 aliphatic heterocycles. The van der Waals surface area contributed by atoms with Crippen LogP contribution in [0.15, 0.2) is 5.38 Å². The summed E-state index contributed by atoms with van der Waals surface area (Å²) in [5.41, 5.74) is 1.58. The summed E-state index contributed by atoms with van der Waals surface area (Å²) in [6, 6.07) is 0. The van der Waals surface area contributed by atoms with E-state index >= 15 is 0 Å². The number of aryl methyl sites for hydroxylation is 1. The Hall–Kier alpha value is -1.14. The fraction of sp³-hybridized carbons (Fsp3) is 0.778. The maximum absolute atomic E-state index is 12.9. The number of hydrogen-bond donors (Lipinski definition) is 1. The molecular formula is C18H28N4OS. The number of rotatable bonds is 2. The normalized spacial score (nSPS) is 24.7. The maximum Gasteiger partial charge on any atom is 0.225 e. The number of amides is 1. The van der Waals surface area contributed by atoms with E-state index in [0.717, 1.165) is 62.9 Å². The van der Waals surface area contributed by atoms with Crippen LogP contribution in [-0.2, 0) is 4.79 Å². The van der Waals surface area contributed by atoms with Crippen molar-refractivity contribution >= 4 is 22.4 Å². The highest BCUT2D eigenvalue weighted by atomic mass is 32.1. The molecule has 3 aliphatic rings. The van der Waals surface area contributed by atoms with E-state index in [1.165, 1.54) is 19.3 Å². The lowest BCUT2D eigenvalue weighted by Crippen LogP contribution is -2.48. The standard InChI is InChI=1S/C18H28N4OS/c1-14-12-24-17(20-14)22-8-2-15(3-9-22)16(23)21-10-5-18(6-11-21)4-7-19-13-18/h12,15,19H,2-11,13H2,1H3. The number of carbonyl (C=O) groups excluding carboxylic acids is 1. The highest BCUT2D eigenvalue weighted by Gasteiger charge is 2.39. The molecule has 1 aromatic heterocycles. The van der Waals surface area contributed by atoms with Gasteiger partial charge >= 0.3 is 0 Å². The highest BCUT2D eigenvalue weighted by molar-refractivity contribution is 7.13. The lowest BCUT2D eigenvalue weighted by atomic mass is 9.77. The summed E-state index contributed by atoms with van der Waals surface area (Å²) >= 11 is 1.72. The predicted molar refractivity (Wildman–Crippen MR) is 97.5 cm³/mol. The predicted octanol–water partition coefficient (Wildman–Crippen LogP) is 2.27. The summed E-state index contributed by atoms with van der Waals surface area (Å²) in [5, 5.41) is 6.72. The molecular weight excluding hydrogens is 320 g/mol. The number of nitrogens with one attached hydrogen (secondary N) is 1. The van der Waals surface area contributed by atoms with Crippen molar-refractivity contribution in [3.8, 4) is 0 Å². The van der Waals surface area contributed by atoms with Gasteiger partial charge in [-0.25, -0.2) is 4.98 Å². The van der Waals surface area contributed by atoms with Crippen LogP contribution in [0.2, 0.25) is 0 Å². The minimum atomic E-state index is 0.220. The van der Waals surface area contributed by atoms with Crippen molar-refractivity contribution in [2.75, 3.05) is 44.2 Å². The van der Waals surface area contributed by atoms with Gasteiger partial charge in [-0.15, -0.1) is 11.3 Å². The van der Waals surface area contributed by atoms with Crippen molar-refractivity contribution in [1.29, 1.82) is 0 Å². The monoisotopic (exact) mass is 348 g/mol. The molecule has 0 atom stereocenters. The van der Waals surface area contributed by atoms with Gasteiger partial charge in [0, 0.05) is 44.0 Å². The molecule has 1 aromatic rings. The van der Waals surface area contributed by atoms with Crippen LogP contribution in [0.1, 0.15) is 37.8 Å². The minimum Gasteiger partial charge on any atom is -0.348 e. The first-order valence-electron chi connectivity index (χ1n) is 9.32. The van der Waals surface area contributed by atoms with E-state index in [2.05, 4.69) is 25.5 Å². The summed E-state index contributed by atoms with van der Waals surface area (Å²) in [6.45, 7) is 8.21. The van der Waals surface area contributed by atoms with Gasteiger partial charge in [0.1, 0.15) is 0 Å². The number of carbonyl (C=O) groups is 1. The average molecular weight is 349 g/mol. The molecule has 3 saturated heterocycles. The molecule has 0 saturated carbocycles. The number of hydrogen-bond acceptors (Lipinski definition) is 5. The zero-order valence-electron chi connectivity index (χ0n) is 14.6. The lowest BCUT2D eigenvalue weighted by Gasteiger charge is -2.41. The van der Waals surface area contributed by atoms with Crippen LogP contribution in [-0.4, -0.2) is 55.1 Å². The SMILES string of the molecule is Cc1csc(N2CCC(C(=O)N3CCC4(CCNC4)CC3)CC2)n1. The molecule has 132 valence electrons. The lowest BCUT2D eigenvalue weighted by molar-refractivity contribution is -0.138. The fourth-order valence-corrected chi connectivity index (χ4v) is 5.34. The van der Waals surface area contributed by atoms with E-state index in [1.54, 1.807) is 11.3 Å². The van der Waals surface area contributed by atoms with Crippen molar-refractivity contribution in [3.63, 3.8) is 0 Å². The summed E-state index contributed by atoms with van der Waals surface area (Å²) < 4.78 is 0. The molecule has 0 aromatic carbocycles. The van der Waals surface area contributed by atoms with Crippen LogP contribution in [0.25, 0.3) is 0 Å². The van der Waals surface area contributed by atoms with Crippen molar-refractivity contribution in [3.05, 3.63) is 11.1 Å². The average Bonchev–Trinajstić information content (AvgIpc) is 3.25. The first-order chi connectivity index (χ1) is 11.7. The molecule has 4 heterocycles. The molecule has 3 fully saturated rings. The summed E-state index contributed by atoms with van der Waals surface area (Å²) in [5.74, 6) is 0.629. The van der Waals surface area contributed by atoms with Crippen LogP contribution in [0.5, 0.6) is 0 Å². The van der Waals surface area contributed by atoms with Gasteiger partial charge in [0.25, 0.3) is 0 Å². The zero-order valence-corrected chi connectivity index (χ0v) is 15.4. The van der Waals surface area contributed by atoms with Crippen LogP contribution >= 0.6 is 11.3 Å². The quantitative estimate of drug-likeness (QED) is 0.891. The number of nitrogens with zero attached hydrogens (tertiary/aromatic N) is 3. The second-order valence-corrected chi connectivity index (χ2v) is 8.62. The number of anilines is 1. The van der Waals surface area contributed by atoms with E-state index in [4.69, 9.17) is 0 Å². The van der Waals surface area contributed by atoms with Crippen molar-refractivity contribution in [2.45, 2.75) is 39.0 Å². The Balaban J connectivity index is 1.29. The molecule has 6 heteroatoms. The molecule has 1 amide bonds. The molecule has 5 nitrogen and oxygen atoms in total. The summed E-state index contributed by atoms with van der Waals surface area (Å²) in [7, 11) is 0. The maximum atomic E-state index is 12.9. The number of thiazole rings is 1. The Bertz CT molecular complexity index is 578. The zero-order chi connectivity index (χ0) is 16.6. The van der Waals surface area contributed by atoms with Crippen molar-refractivity contribution in [1.82, 2.24) is 15.2 Å². The molecule has 1 spiro atoms. The van der Waals surface area contributed by atoms with Crippen LogP contribution < -0.4 is 10.2 Å². The third-order valence-corrected chi connectivity index (χ3v) is 7.21. The minimum absolute atomic E-state index is 0.220. The Morgan fingerprint density at radius 3 is 2.58 bits per heavy atom. The van der Waals surface area contributed by atoms with Gasteiger partial charge in [0.15, 0.2) is 5.13 Å². The van der Waals surface area contributed by atoms with Crippen LogP contribution in [0, 0.1) is 18.3 Å². The second-order valence-electron chi connectivity index (χ2n) is 7.78. The molecule has 0 radical (unpaired) electrons. The van der Waals surface area contributed by atoms with E-state index in [9.17, 15) is 4.79 Å². The van der Waals surface area contributed by atoms with E-state index in [-0.39, 0.29) is 5.92 Å². The molecule has 0 unspecified atom stereocenters. The van der Waals surface area contributed by atoms with E-state index in [1.807, 2.05) is 6.92 Å². The molecule has 1 N–H and O–H groups in total. The number of likely N-dealkylation sites (tertiary alicyclic amines) is 1.